The molecule has 1 aliphatic heterocycles. The summed E-state index contributed by atoms with van der Waals surface area (Å²) < 4.78 is 0. The highest BCUT2D eigenvalue weighted by Crippen LogP contribution is 2.44. The number of nitrogens with zero attached hydrogens (tertiary/aromatic N) is 1. The molecule has 0 amide bonds. The van der Waals surface area contributed by atoms with Gasteiger partial charge in [0.1, 0.15) is 0 Å². The maximum atomic E-state index is 4.00. The topological polar surface area (TPSA) is 3.24 Å². The highest BCUT2D eigenvalue weighted by Gasteiger charge is 2.35. The maximum Gasteiger partial charge on any atom is 0.0463 e. The van der Waals surface area contributed by atoms with Gasteiger partial charge in [-0.25, -0.2) is 0 Å². The molecule has 0 unspecified atom stereocenters. The minimum absolute atomic E-state index is 0.542. The predicted octanol–water partition coefficient (Wildman–Crippen LogP) is 5.98. The van der Waals surface area contributed by atoms with Crippen LogP contribution in [0.15, 0.2) is 53.7 Å². The maximum absolute atomic E-state index is 4.00. The number of hydrogen-bond donors (Lipinski definition) is 0. The van der Waals surface area contributed by atoms with Crippen molar-refractivity contribution in [2.45, 2.75) is 44.1 Å². The van der Waals surface area contributed by atoms with Gasteiger partial charge in [0.15, 0.2) is 0 Å². The molecule has 3 rings (SSSR count). The van der Waals surface area contributed by atoms with E-state index in [2.05, 4.69) is 78.3 Å². The zero-order chi connectivity index (χ0) is 16.4. The summed E-state index contributed by atoms with van der Waals surface area (Å²) in [4.78, 5) is 2.60. The van der Waals surface area contributed by atoms with Gasteiger partial charge in [0, 0.05) is 32.3 Å². The standard InChI is InChI=1S/C20H27NSSi/c1-5-11-21-17(15-23(2,3)4)13-19(16-10-12-22-14-16)18-8-6-7-9-20(18)21/h5-10,12,14,17,19H,1,11,13,15H2,2-4H3/t17-,19+/m0/s1. The summed E-state index contributed by atoms with van der Waals surface area (Å²) in [6.07, 6.45) is 3.28. The Morgan fingerprint density at radius 1 is 1.26 bits per heavy atom. The van der Waals surface area contributed by atoms with E-state index < -0.39 is 8.07 Å². The highest BCUT2D eigenvalue weighted by molar-refractivity contribution is 7.08. The lowest BCUT2D eigenvalue weighted by Crippen LogP contribution is -2.44. The third kappa shape index (κ3) is 3.61. The van der Waals surface area contributed by atoms with Crippen molar-refractivity contribution >= 4 is 25.1 Å². The minimum atomic E-state index is -1.12. The van der Waals surface area contributed by atoms with Crippen molar-refractivity contribution in [3.8, 4) is 0 Å². The Balaban J connectivity index is 2.04. The molecular formula is C20H27NSSi. The van der Waals surface area contributed by atoms with E-state index in [1.165, 1.54) is 29.3 Å². The smallest absolute Gasteiger partial charge is 0.0463 e. The van der Waals surface area contributed by atoms with Crippen LogP contribution in [0.4, 0.5) is 5.69 Å². The highest BCUT2D eigenvalue weighted by atomic mass is 32.1. The molecule has 122 valence electrons. The average Bonchev–Trinajstić information content (AvgIpc) is 3.02. The first-order chi connectivity index (χ1) is 11.0. The van der Waals surface area contributed by atoms with Crippen LogP contribution in [0.2, 0.25) is 25.7 Å². The number of para-hydroxylation sites is 1. The zero-order valence-electron chi connectivity index (χ0n) is 14.5. The van der Waals surface area contributed by atoms with E-state index in [1.807, 2.05) is 11.3 Å². The minimum Gasteiger partial charge on any atom is -0.365 e. The van der Waals surface area contributed by atoms with Crippen molar-refractivity contribution in [1.82, 2.24) is 0 Å². The molecule has 1 aromatic carbocycles. The zero-order valence-corrected chi connectivity index (χ0v) is 16.3. The summed E-state index contributed by atoms with van der Waals surface area (Å²) in [5.41, 5.74) is 4.39. The Morgan fingerprint density at radius 2 is 2.04 bits per heavy atom. The molecule has 2 heterocycles. The number of hydrogen-bond acceptors (Lipinski definition) is 2. The molecule has 1 aromatic heterocycles. The van der Waals surface area contributed by atoms with E-state index in [4.69, 9.17) is 0 Å². The molecule has 2 atom stereocenters. The molecule has 0 fully saturated rings. The lowest BCUT2D eigenvalue weighted by atomic mass is 9.82. The van der Waals surface area contributed by atoms with E-state index in [0.717, 1.165) is 6.54 Å². The number of thiophene rings is 1. The number of fused-ring (bicyclic) bond motifs is 1. The van der Waals surface area contributed by atoms with Gasteiger partial charge in [-0.05, 0) is 46.5 Å². The largest absolute Gasteiger partial charge is 0.365 e. The van der Waals surface area contributed by atoms with Crippen LogP contribution < -0.4 is 4.90 Å². The molecule has 1 nitrogen and oxygen atoms in total. The lowest BCUT2D eigenvalue weighted by molar-refractivity contribution is 0.535. The molecule has 1 aliphatic rings. The van der Waals surface area contributed by atoms with Crippen molar-refractivity contribution in [2.24, 2.45) is 0 Å². The van der Waals surface area contributed by atoms with Gasteiger partial charge in [-0.1, -0.05) is 43.9 Å². The van der Waals surface area contributed by atoms with Crippen LogP contribution in [0, 0.1) is 0 Å². The fourth-order valence-corrected chi connectivity index (χ4v) is 6.36. The molecular weight excluding hydrogens is 314 g/mol. The lowest BCUT2D eigenvalue weighted by Gasteiger charge is -2.44. The Labute approximate surface area is 145 Å². The Morgan fingerprint density at radius 3 is 2.70 bits per heavy atom. The SMILES string of the molecule is C=CCN1c2ccccc2[C@@H](c2ccsc2)C[C@H]1C[Si](C)(C)C. The van der Waals surface area contributed by atoms with Crippen LogP contribution in [0.25, 0.3) is 0 Å². The van der Waals surface area contributed by atoms with E-state index in [1.54, 1.807) is 0 Å². The monoisotopic (exact) mass is 341 g/mol. The first-order valence-corrected chi connectivity index (χ1v) is 13.1. The summed E-state index contributed by atoms with van der Waals surface area (Å²) in [6.45, 7) is 12.4. The van der Waals surface area contributed by atoms with E-state index in [0.29, 0.717) is 12.0 Å². The van der Waals surface area contributed by atoms with Gasteiger partial charge < -0.3 is 4.90 Å². The first kappa shape index (κ1) is 16.5. The number of rotatable bonds is 5. The summed E-state index contributed by atoms with van der Waals surface area (Å²) in [6, 6.07) is 13.3. The Kier molecular flexibility index (Phi) is 4.79. The Bertz CT molecular complexity index is 657. The van der Waals surface area contributed by atoms with Crippen LogP contribution in [0.5, 0.6) is 0 Å². The second-order valence-corrected chi connectivity index (χ2v) is 14.1. The van der Waals surface area contributed by atoms with Gasteiger partial charge >= 0.3 is 0 Å². The van der Waals surface area contributed by atoms with Crippen molar-refractivity contribution in [1.29, 1.82) is 0 Å². The number of anilines is 1. The van der Waals surface area contributed by atoms with Crippen LogP contribution in [0.3, 0.4) is 0 Å². The molecule has 0 bridgehead atoms. The predicted molar refractivity (Wildman–Crippen MR) is 107 cm³/mol. The van der Waals surface area contributed by atoms with Crippen molar-refractivity contribution in [3.63, 3.8) is 0 Å². The van der Waals surface area contributed by atoms with Gasteiger partial charge in [-0.3, -0.25) is 0 Å². The van der Waals surface area contributed by atoms with Crippen LogP contribution in [-0.2, 0) is 0 Å². The molecule has 0 saturated carbocycles. The second-order valence-electron chi connectivity index (χ2n) is 7.76. The number of benzene rings is 1. The normalized spacial score (nSPS) is 21.1. The quantitative estimate of drug-likeness (QED) is 0.477. The summed E-state index contributed by atoms with van der Waals surface area (Å²) in [5, 5.41) is 4.54. The third-order valence-electron chi connectivity index (χ3n) is 4.69. The van der Waals surface area contributed by atoms with Gasteiger partial charge in [0.25, 0.3) is 0 Å². The second kappa shape index (κ2) is 6.66. The molecule has 0 spiro atoms. The fraction of sp³-hybridized carbons (Fsp3) is 0.400. The molecule has 0 N–H and O–H groups in total. The van der Waals surface area contributed by atoms with Crippen molar-refractivity contribution < 1.29 is 0 Å². The first-order valence-electron chi connectivity index (χ1n) is 8.48. The Hall–Kier alpha value is -1.32. The van der Waals surface area contributed by atoms with Crippen molar-refractivity contribution in [3.05, 3.63) is 64.9 Å². The van der Waals surface area contributed by atoms with Crippen LogP contribution in [0.1, 0.15) is 23.5 Å². The van der Waals surface area contributed by atoms with Gasteiger partial charge in [0.05, 0.1) is 0 Å². The van der Waals surface area contributed by atoms with E-state index in [9.17, 15) is 0 Å². The molecule has 0 radical (unpaired) electrons. The summed E-state index contributed by atoms with van der Waals surface area (Å²) in [7, 11) is -1.12. The summed E-state index contributed by atoms with van der Waals surface area (Å²) in [5.74, 6) is 0.542. The average molecular weight is 342 g/mol. The molecule has 23 heavy (non-hydrogen) atoms. The van der Waals surface area contributed by atoms with Crippen molar-refractivity contribution in [2.75, 3.05) is 11.4 Å². The van der Waals surface area contributed by atoms with Crippen LogP contribution in [-0.4, -0.2) is 20.7 Å². The van der Waals surface area contributed by atoms with Gasteiger partial charge in [-0.15, -0.1) is 6.58 Å². The fourth-order valence-electron chi connectivity index (χ4n) is 3.84. The van der Waals surface area contributed by atoms with Gasteiger partial charge in [0.2, 0.25) is 0 Å². The van der Waals surface area contributed by atoms with E-state index >= 15 is 0 Å². The van der Waals surface area contributed by atoms with E-state index in [-0.39, 0.29) is 0 Å². The molecule has 3 heteroatoms. The molecule has 0 aliphatic carbocycles. The molecule has 0 saturated heterocycles. The summed E-state index contributed by atoms with van der Waals surface area (Å²) >= 11 is 1.81. The van der Waals surface area contributed by atoms with Gasteiger partial charge in [-0.2, -0.15) is 11.3 Å². The third-order valence-corrected chi connectivity index (χ3v) is 7.09. The van der Waals surface area contributed by atoms with Crippen LogP contribution >= 0.6 is 11.3 Å². The molecule has 2 aromatic rings.